The van der Waals surface area contributed by atoms with Gasteiger partial charge in [-0.1, -0.05) is 0 Å². The van der Waals surface area contributed by atoms with Gasteiger partial charge in [-0.25, -0.2) is 0 Å². The van der Waals surface area contributed by atoms with E-state index in [-0.39, 0.29) is 0 Å². The molecule has 2 nitrogen and oxygen atoms in total. The Balaban J connectivity index is 0. The van der Waals surface area contributed by atoms with Crippen LogP contribution in [0.5, 0.6) is 0 Å². The van der Waals surface area contributed by atoms with Gasteiger partial charge in [-0.2, -0.15) is 0 Å². The van der Waals surface area contributed by atoms with Crippen LogP contribution in [0.25, 0.3) is 0 Å². The second-order valence-corrected chi connectivity index (χ2v) is 1.68. The van der Waals surface area contributed by atoms with Crippen LogP contribution >= 0.6 is 20.4 Å². The molecule has 0 aliphatic rings. The van der Waals surface area contributed by atoms with Crippen molar-refractivity contribution in [3.05, 3.63) is 0 Å². The number of hydrogen-bond donors (Lipinski definition) is 2. The first-order valence-corrected chi connectivity index (χ1v) is 3.16. The van der Waals surface area contributed by atoms with Crippen LogP contribution in [0.3, 0.4) is 0 Å². The Kier molecular flexibility index (Phi) is 37.6. The average molecular weight is 164 g/mol. The fraction of sp³-hybridized carbons (Fsp3) is 0. The minimum atomic E-state index is 0.569. The predicted molar refractivity (Wildman–Crippen MR) is 17.0 cm³/mol. The van der Waals surface area contributed by atoms with E-state index in [1.165, 1.54) is 0 Å². The Labute approximate surface area is 44.0 Å². The first kappa shape index (κ1) is 9.37. The molecule has 38 valence electrons. The molecule has 0 saturated carbocycles. The fourth-order valence-corrected chi connectivity index (χ4v) is 0. The van der Waals surface area contributed by atoms with Gasteiger partial charge in [-0.05, 0) is 0 Å². The van der Waals surface area contributed by atoms with Crippen molar-refractivity contribution in [1.29, 1.82) is 0 Å². The zero-order valence-corrected chi connectivity index (χ0v) is 4.47. The third kappa shape index (κ3) is 45.3. The molecule has 0 aromatic carbocycles. The molecule has 5 heavy (non-hydrogen) atoms. The Hall–Kier alpha value is 0.994. The molecule has 0 atom stereocenters. The van der Waals surface area contributed by atoms with Gasteiger partial charge in [0, 0.05) is 0 Å². The first-order chi connectivity index (χ1) is 2.41. The fourth-order valence-electron chi connectivity index (χ4n) is 0. The van der Waals surface area contributed by atoms with Gasteiger partial charge in [-0.3, -0.25) is 10.5 Å². The summed E-state index contributed by atoms with van der Waals surface area (Å²) in [6, 6.07) is 0. The van der Waals surface area contributed by atoms with E-state index in [2.05, 4.69) is 0 Å². The van der Waals surface area contributed by atoms with Crippen molar-refractivity contribution in [3.8, 4) is 0 Å². The van der Waals surface area contributed by atoms with E-state index in [1.807, 2.05) is 0 Å². The van der Waals surface area contributed by atoms with Crippen molar-refractivity contribution >= 4 is 20.4 Å². The van der Waals surface area contributed by atoms with Crippen molar-refractivity contribution in [2.75, 3.05) is 0 Å². The van der Waals surface area contributed by atoms with Crippen LogP contribution in [-0.4, -0.2) is 10.5 Å². The molecule has 0 aliphatic carbocycles. The van der Waals surface area contributed by atoms with Crippen molar-refractivity contribution in [2.45, 2.75) is 0 Å². The second-order valence-electron chi connectivity index (χ2n) is 0.0452. The molecular formula is H2Cl2NiO2. The van der Waals surface area contributed by atoms with Gasteiger partial charge in [0.1, 0.15) is 0 Å². The van der Waals surface area contributed by atoms with Crippen molar-refractivity contribution < 1.29 is 23.2 Å². The van der Waals surface area contributed by atoms with E-state index in [4.69, 9.17) is 30.9 Å². The molecule has 2 N–H and O–H groups in total. The van der Waals surface area contributed by atoms with Gasteiger partial charge in [-0.15, -0.1) is 0 Å². The van der Waals surface area contributed by atoms with Crippen molar-refractivity contribution in [3.63, 3.8) is 0 Å². The molecule has 0 aromatic heterocycles. The third-order valence-corrected chi connectivity index (χ3v) is 0. The van der Waals surface area contributed by atoms with Gasteiger partial charge in [0.25, 0.3) is 0 Å². The number of rotatable bonds is 0. The number of halogens is 2. The van der Waals surface area contributed by atoms with Crippen LogP contribution in [0.1, 0.15) is 0 Å². The first-order valence-electron chi connectivity index (χ1n) is 0.439. The molecule has 0 spiro atoms. The topological polar surface area (TPSA) is 40.5 Å². The maximum absolute atomic E-state index is 6.00. The third-order valence-electron chi connectivity index (χ3n) is 0. The van der Waals surface area contributed by atoms with Crippen LogP contribution in [0.2, 0.25) is 0 Å². The van der Waals surface area contributed by atoms with Gasteiger partial charge in [0.05, 0.1) is 0 Å². The molecule has 0 heterocycles. The summed E-state index contributed by atoms with van der Waals surface area (Å²) < 4.78 is 0. The monoisotopic (exact) mass is 162 g/mol. The molecule has 5 heteroatoms. The molecule has 0 rings (SSSR count). The van der Waals surface area contributed by atoms with Crippen molar-refractivity contribution in [2.24, 2.45) is 0 Å². The van der Waals surface area contributed by atoms with Crippen LogP contribution in [0.4, 0.5) is 0 Å². The molecule has 0 aliphatic heterocycles. The van der Waals surface area contributed by atoms with E-state index in [0.29, 0.717) is 12.7 Å². The van der Waals surface area contributed by atoms with Crippen LogP contribution < -0.4 is 0 Å². The zero-order valence-electron chi connectivity index (χ0n) is 1.97. The normalized spacial score (nSPS) is 5.60. The maximum atomic E-state index is 6.00. The van der Waals surface area contributed by atoms with E-state index < -0.39 is 0 Å². The van der Waals surface area contributed by atoms with Crippen LogP contribution in [-0.2, 0) is 12.7 Å². The van der Waals surface area contributed by atoms with Crippen molar-refractivity contribution in [1.82, 2.24) is 0 Å². The predicted octanol–water partition coefficient (Wildman–Crippen LogP) is 1.39. The summed E-state index contributed by atoms with van der Waals surface area (Å²) in [5.41, 5.74) is 0. The molecular weight excluding hydrogens is 162 g/mol. The molecule has 0 radical (unpaired) electrons. The van der Waals surface area contributed by atoms with E-state index in [1.54, 1.807) is 0 Å². The van der Waals surface area contributed by atoms with Gasteiger partial charge < -0.3 is 0 Å². The Morgan fingerprint density at radius 1 is 1.20 bits per heavy atom. The zero-order chi connectivity index (χ0) is 4.71. The van der Waals surface area contributed by atoms with Gasteiger partial charge in [0.2, 0.25) is 0 Å². The van der Waals surface area contributed by atoms with Crippen LogP contribution in [0, 0.1) is 0 Å². The summed E-state index contributed by atoms with van der Waals surface area (Å²) in [4.78, 5) is 0. The second kappa shape index (κ2) is 20.0. The standard InChI is InChI=1S/2ClH.Ni.H2O2/c;;;1-2/h2*1H;;1-2H/q;;+2;/p-2. The molecule has 0 saturated heterocycles. The molecule has 0 aromatic rings. The Morgan fingerprint density at radius 3 is 1.20 bits per heavy atom. The van der Waals surface area contributed by atoms with Gasteiger partial charge >= 0.3 is 33.0 Å². The summed E-state index contributed by atoms with van der Waals surface area (Å²) in [6.07, 6.45) is 0. The summed E-state index contributed by atoms with van der Waals surface area (Å²) >= 11 is 0.569. The molecule has 0 fully saturated rings. The van der Waals surface area contributed by atoms with Gasteiger partial charge in [0.15, 0.2) is 0 Å². The Morgan fingerprint density at radius 2 is 1.20 bits per heavy atom. The average Bonchev–Trinajstić information content (AvgIpc) is 1.46. The Bertz CT molecular complexity index is 7.61. The summed E-state index contributed by atoms with van der Waals surface area (Å²) in [5, 5.41) is 12.0. The summed E-state index contributed by atoms with van der Waals surface area (Å²) in [6.45, 7) is 0. The molecule has 0 bridgehead atoms. The summed E-state index contributed by atoms with van der Waals surface area (Å²) in [7, 11) is 9.40. The van der Waals surface area contributed by atoms with E-state index in [9.17, 15) is 0 Å². The number of hydrogen-bond acceptors (Lipinski definition) is 2. The molecule has 0 amide bonds. The van der Waals surface area contributed by atoms with Crippen LogP contribution in [0.15, 0.2) is 0 Å². The SMILES string of the molecule is OO.[Cl][Ni][Cl]. The minimum absolute atomic E-state index is 0.569. The quantitative estimate of drug-likeness (QED) is 0.322. The van der Waals surface area contributed by atoms with E-state index >= 15 is 0 Å². The van der Waals surface area contributed by atoms with E-state index in [0.717, 1.165) is 0 Å². The summed E-state index contributed by atoms with van der Waals surface area (Å²) in [5.74, 6) is 0. The molecule has 0 unspecified atom stereocenters.